The lowest BCUT2D eigenvalue weighted by Crippen LogP contribution is -2.19. The third-order valence-electron chi connectivity index (χ3n) is 4.72. The molecule has 26 heavy (non-hydrogen) atoms. The average molecular weight is 364 g/mol. The third-order valence-corrected chi connectivity index (χ3v) is 4.95. The van der Waals surface area contributed by atoms with Crippen molar-refractivity contribution in [1.29, 1.82) is 5.26 Å². The highest BCUT2D eigenvalue weighted by molar-refractivity contribution is 6.31. The van der Waals surface area contributed by atoms with Gasteiger partial charge in [-0.2, -0.15) is 5.26 Å². The zero-order chi connectivity index (χ0) is 18.8. The predicted octanol–water partition coefficient (Wildman–Crippen LogP) is 6.01. The van der Waals surface area contributed by atoms with E-state index >= 15 is 0 Å². The molecule has 0 unspecified atom stereocenters. The Morgan fingerprint density at radius 1 is 1.19 bits per heavy atom. The first-order valence-corrected chi connectivity index (χ1v) is 9.18. The van der Waals surface area contributed by atoms with Gasteiger partial charge in [-0.1, -0.05) is 49.7 Å². The van der Waals surface area contributed by atoms with Crippen LogP contribution < -0.4 is 4.90 Å². The molecule has 1 aromatic heterocycles. The minimum absolute atomic E-state index is 0.412. The van der Waals surface area contributed by atoms with Crippen molar-refractivity contribution in [2.75, 3.05) is 18.5 Å². The highest BCUT2D eigenvalue weighted by Crippen LogP contribution is 2.37. The van der Waals surface area contributed by atoms with E-state index in [9.17, 15) is 5.26 Å². The van der Waals surface area contributed by atoms with Gasteiger partial charge in [0.1, 0.15) is 17.5 Å². The molecule has 0 spiro atoms. The number of fused-ring (bicyclic) bond motifs is 1. The zero-order valence-electron chi connectivity index (χ0n) is 15.5. The van der Waals surface area contributed by atoms with Gasteiger partial charge in [-0.25, -0.2) is 4.98 Å². The fraction of sp³-hybridized carbons (Fsp3) is 0.273. The lowest BCUT2D eigenvalue weighted by molar-refractivity contribution is 0.867. The Kier molecular flexibility index (Phi) is 5.15. The molecule has 0 saturated heterocycles. The molecule has 0 saturated carbocycles. The van der Waals surface area contributed by atoms with Gasteiger partial charge in [0.2, 0.25) is 0 Å². The molecule has 0 radical (unpaired) electrons. The van der Waals surface area contributed by atoms with Crippen molar-refractivity contribution in [3.05, 3.63) is 58.6 Å². The molecular weight excluding hydrogens is 342 g/mol. The highest BCUT2D eigenvalue weighted by atomic mass is 35.5. The normalized spacial score (nSPS) is 11.0. The topological polar surface area (TPSA) is 39.9 Å². The van der Waals surface area contributed by atoms with Crippen LogP contribution in [0.25, 0.3) is 22.0 Å². The van der Waals surface area contributed by atoms with Crippen LogP contribution in [0.2, 0.25) is 5.02 Å². The number of benzene rings is 2. The number of pyridine rings is 1. The number of hydrogen-bond donors (Lipinski definition) is 0. The van der Waals surface area contributed by atoms with Crippen molar-refractivity contribution < 1.29 is 0 Å². The molecule has 0 bridgehead atoms. The fourth-order valence-corrected chi connectivity index (χ4v) is 3.28. The van der Waals surface area contributed by atoms with E-state index in [0.29, 0.717) is 22.3 Å². The first kappa shape index (κ1) is 18.2. The summed E-state index contributed by atoms with van der Waals surface area (Å²) in [5.41, 5.74) is 4.59. The fourth-order valence-electron chi connectivity index (χ4n) is 3.11. The van der Waals surface area contributed by atoms with Crippen LogP contribution in [-0.2, 0) is 0 Å². The summed E-state index contributed by atoms with van der Waals surface area (Å²) in [5, 5.41) is 11.5. The minimum atomic E-state index is 0.412. The van der Waals surface area contributed by atoms with Crippen molar-refractivity contribution in [2.24, 2.45) is 0 Å². The van der Waals surface area contributed by atoms with E-state index in [0.717, 1.165) is 28.6 Å². The van der Waals surface area contributed by atoms with Crippen LogP contribution in [0, 0.1) is 11.3 Å². The van der Waals surface area contributed by atoms with E-state index in [-0.39, 0.29) is 0 Å². The molecule has 3 aromatic rings. The third kappa shape index (κ3) is 3.25. The van der Waals surface area contributed by atoms with Gasteiger partial charge in [0.15, 0.2) is 0 Å². The van der Waals surface area contributed by atoms with Crippen molar-refractivity contribution in [2.45, 2.75) is 26.7 Å². The van der Waals surface area contributed by atoms with Gasteiger partial charge in [-0.05, 0) is 42.2 Å². The molecule has 0 fully saturated rings. The molecule has 0 aliphatic carbocycles. The van der Waals surface area contributed by atoms with Gasteiger partial charge in [0, 0.05) is 29.6 Å². The first-order valence-electron chi connectivity index (χ1n) is 8.81. The molecule has 0 N–H and O–H groups in total. The highest BCUT2D eigenvalue weighted by Gasteiger charge is 2.19. The van der Waals surface area contributed by atoms with Gasteiger partial charge in [-0.15, -0.1) is 0 Å². The Balaban J connectivity index is 2.43. The van der Waals surface area contributed by atoms with E-state index < -0.39 is 0 Å². The van der Waals surface area contributed by atoms with Crippen LogP contribution >= 0.6 is 11.6 Å². The number of nitrogens with zero attached hydrogens (tertiary/aromatic N) is 3. The number of rotatable bonds is 4. The van der Waals surface area contributed by atoms with E-state index in [1.54, 1.807) is 0 Å². The van der Waals surface area contributed by atoms with E-state index in [4.69, 9.17) is 16.6 Å². The second-order valence-electron chi connectivity index (χ2n) is 6.75. The van der Waals surface area contributed by atoms with Crippen LogP contribution in [0.3, 0.4) is 0 Å². The van der Waals surface area contributed by atoms with Crippen LogP contribution in [0.1, 0.15) is 37.8 Å². The maximum Gasteiger partial charge on any atom is 0.147 e. The van der Waals surface area contributed by atoms with Crippen LogP contribution in [-0.4, -0.2) is 18.6 Å². The lowest BCUT2D eigenvalue weighted by atomic mass is 9.92. The average Bonchev–Trinajstić information content (AvgIpc) is 2.65. The first-order chi connectivity index (χ1) is 12.5. The van der Waals surface area contributed by atoms with E-state index in [1.807, 2.05) is 43.1 Å². The summed E-state index contributed by atoms with van der Waals surface area (Å²) in [5.74, 6) is 1.12. The summed E-state index contributed by atoms with van der Waals surface area (Å²) in [6.45, 7) is 7.16. The van der Waals surface area contributed by atoms with Gasteiger partial charge >= 0.3 is 0 Å². The number of halogens is 1. The maximum absolute atomic E-state index is 9.96. The number of aromatic nitrogens is 1. The van der Waals surface area contributed by atoms with E-state index in [1.165, 1.54) is 5.56 Å². The largest absolute Gasteiger partial charge is 0.359 e. The summed E-state index contributed by atoms with van der Waals surface area (Å²) in [7, 11) is 1.96. The van der Waals surface area contributed by atoms with Crippen LogP contribution in [0.5, 0.6) is 0 Å². The molecule has 0 aliphatic rings. The van der Waals surface area contributed by atoms with Crippen LogP contribution in [0.15, 0.2) is 42.5 Å². The van der Waals surface area contributed by atoms with Crippen molar-refractivity contribution in [3.8, 4) is 17.2 Å². The van der Waals surface area contributed by atoms with Crippen molar-refractivity contribution in [1.82, 2.24) is 4.98 Å². The molecule has 132 valence electrons. The summed E-state index contributed by atoms with van der Waals surface area (Å²) in [6, 6.07) is 16.4. The minimum Gasteiger partial charge on any atom is -0.359 e. The van der Waals surface area contributed by atoms with Crippen molar-refractivity contribution >= 4 is 28.3 Å². The lowest BCUT2D eigenvalue weighted by Gasteiger charge is -2.21. The standard InChI is InChI=1S/C22H22ClN3/c1-5-26(4)22-19(13-24)21(16-8-6-7-15(11-16)14(2)3)18-12-17(23)9-10-20(18)25-22/h6-12,14H,5H2,1-4H3. The summed E-state index contributed by atoms with van der Waals surface area (Å²) >= 11 is 6.26. The maximum atomic E-state index is 9.96. The van der Waals surface area contributed by atoms with Crippen LogP contribution in [0.4, 0.5) is 5.82 Å². The molecule has 3 rings (SSSR count). The molecule has 0 atom stereocenters. The molecule has 1 heterocycles. The summed E-state index contributed by atoms with van der Waals surface area (Å²) in [4.78, 5) is 6.75. The van der Waals surface area contributed by atoms with Crippen molar-refractivity contribution in [3.63, 3.8) is 0 Å². The Bertz CT molecular complexity index is 1000. The molecule has 2 aromatic carbocycles. The van der Waals surface area contributed by atoms with Gasteiger partial charge in [0.05, 0.1) is 5.52 Å². The number of hydrogen-bond acceptors (Lipinski definition) is 3. The Labute approximate surface area is 159 Å². The SMILES string of the molecule is CCN(C)c1nc2ccc(Cl)cc2c(-c2cccc(C(C)C)c2)c1C#N. The molecule has 3 nitrogen and oxygen atoms in total. The summed E-state index contributed by atoms with van der Waals surface area (Å²) < 4.78 is 0. The predicted molar refractivity (Wildman–Crippen MR) is 110 cm³/mol. The van der Waals surface area contributed by atoms with Gasteiger partial charge in [-0.3, -0.25) is 0 Å². The van der Waals surface area contributed by atoms with E-state index in [2.05, 4.69) is 38.1 Å². The second kappa shape index (κ2) is 7.35. The quantitative estimate of drug-likeness (QED) is 0.570. The zero-order valence-corrected chi connectivity index (χ0v) is 16.3. The molecule has 4 heteroatoms. The monoisotopic (exact) mass is 363 g/mol. The molecular formula is C22H22ClN3. The second-order valence-corrected chi connectivity index (χ2v) is 7.19. The molecule has 0 aliphatic heterocycles. The number of anilines is 1. The summed E-state index contributed by atoms with van der Waals surface area (Å²) in [6.07, 6.45) is 0. The molecule has 0 amide bonds. The Morgan fingerprint density at radius 2 is 1.96 bits per heavy atom. The smallest absolute Gasteiger partial charge is 0.147 e. The Morgan fingerprint density at radius 3 is 2.62 bits per heavy atom. The number of nitriles is 1. The van der Waals surface area contributed by atoms with Gasteiger partial charge in [0.25, 0.3) is 0 Å². The Hall–Kier alpha value is -2.57. The van der Waals surface area contributed by atoms with Gasteiger partial charge < -0.3 is 4.90 Å².